The molecule has 3 aromatic carbocycles. The molecule has 0 radical (unpaired) electrons. The molecular formula is C27H30N2O4. The van der Waals surface area contributed by atoms with Crippen LogP contribution >= 0.6 is 0 Å². The first-order valence-corrected chi connectivity index (χ1v) is 11.1. The van der Waals surface area contributed by atoms with Gasteiger partial charge in [-0.05, 0) is 79.6 Å². The SMILES string of the molecule is Cc1cccc(OC(=O)CCCc2ccc(N)cc2)c1OC(=O)CCCc1ccc(N)cc1. The van der Waals surface area contributed by atoms with Crippen molar-refractivity contribution in [3.63, 3.8) is 0 Å². The van der Waals surface area contributed by atoms with Gasteiger partial charge in [-0.2, -0.15) is 0 Å². The van der Waals surface area contributed by atoms with Crippen molar-refractivity contribution in [3.05, 3.63) is 83.4 Å². The van der Waals surface area contributed by atoms with E-state index in [2.05, 4.69) is 0 Å². The summed E-state index contributed by atoms with van der Waals surface area (Å²) in [5.41, 5.74) is 15.8. The number of hydrogen-bond donors (Lipinski definition) is 2. The van der Waals surface area contributed by atoms with E-state index in [1.165, 1.54) is 0 Å². The second kappa shape index (κ2) is 11.7. The molecule has 0 heterocycles. The highest BCUT2D eigenvalue weighted by Gasteiger charge is 2.16. The lowest BCUT2D eigenvalue weighted by Crippen LogP contribution is -2.13. The third-order valence-electron chi connectivity index (χ3n) is 5.27. The number of anilines is 2. The van der Waals surface area contributed by atoms with Crippen molar-refractivity contribution < 1.29 is 19.1 Å². The monoisotopic (exact) mass is 446 g/mol. The van der Waals surface area contributed by atoms with Crippen LogP contribution in [0.4, 0.5) is 11.4 Å². The number of hydrogen-bond acceptors (Lipinski definition) is 6. The third-order valence-corrected chi connectivity index (χ3v) is 5.27. The lowest BCUT2D eigenvalue weighted by molar-refractivity contribution is -0.137. The third kappa shape index (κ3) is 7.68. The topological polar surface area (TPSA) is 105 Å². The quantitative estimate of drug-likeness (QED) is 0.257. The number of ether oxygens (including phenoxy) is 2. The Morgan fingerprint density at radius 1 is 0.697 bits per heavy atom. The van der Waals surface area contributed by atoms with Crippen molar-refractivity contribution in [2.24, 2.45) is 0 Å². The molecule has 0 spiro atoms. The Hall–Kier alpha value is -3.80. The van der Waals surface area contributed by atoms with E-state index in [1.807, 2.05) is 61.5 Å². The van der Waals surface area contributed by atoms with Gasteiger partial charge >= 0.3 is 11.9 Å². The molecule has 0 bridgehead atoms. The van der Waals surface area contributed by atoms with Crippen molar-refractivity contribution >= 4 is 23.3 Å². The Labute approximate surface area is 194 Å². The van der Waals surface area contributed by atoms with E-state index in [-0.39, 0.29) is 30.5 Å². The Balaban J connectivity index is 1.49. The van der Waals surface area contributed by atoms with E-state index in [0.29, 0.717) is 30.0 Å². The number of rotatable bonds is 10. The van der Waals surface area contributed by atoms with E-state index >= 15 is 0 Å². The molecule has 0 aliphatic carbocycles. The second-order valence-electron chi connectivity index (χ2n) is 8.04. The van der Waals surface area contributed by atoms with E-state index in [4.69, 9.17) is 20.9 Å². The van der Waals surface area contributed by atoms with E-state index in [9.17, 15) is 9.59 Å². The van der Waals surface area contributed by atoms with E-state index in [0.717, 1.165) is 29.5 Å². The Morgan fingerprint density at radius 2 is 1.18 bits per heavy atom. The van der Waals surface area contributed by atoms with Crippen LogP contribution in [0.2, 0.25) is 0 Å². The highest BCUT2D eigenvalue weighted by molar-refractivity contribution is 5.76. The minimum atomic E-state index is -0.364. The number of carbonyl (C=O) groups excluding carboxylic acids is 2. The Kier molecular flexibility index (Phi) is 8.47. The van der Waals surface area contributed by atoms with Crippen LogP contribution in [0.25, 0.3) is 0 Å². The molecule has 172 valence electrons. The standard InChI is InChI=1S/C27H30N2O4/c1-19-5-2-8-24(32-25(30)9-3-6-20-11-15-22(28)16-12-20)27(19)33-26(31)10-4-7-21-13-17-23(29)18-14-21/h2,5,8,11-18H,3-4,6-7,9-10,28-29H2,1H3. The maximum Gasteiger partial charge on any atom is 0.311 e. The van der Waals surface area contributed by atoms with Gasteiger partial charge in [-0.3, -0.25) is 9.59 Å². The average Bonchev–Trinajstić information content (AvgIpc) is 2.79. The molecule has 0 amide bonds. The number of esters is 2. The van der Waals surface area contributed by atoms with Crippen LogP contribution in [-0.2, 0) is 22.4 Å². The molecule has 0 atom stereocenters. The summed E-state index contributed by atoms with van der Waals surface area (Å²) >= 11 is 0. The number of para-hydroxylation sites is 1. The number of nitrogen functional groups attached to an aromatic ring is 2. The van der Waals surface area contributed by atoms with Gasteiger partial charge in [0.05, 0.1) is 0 Å². The summed E-state index contributed by atoms with van der Waals surface area (Å²) in [7, 11) is 0. The lowest BCUT2D eigenvalue weighted by atomic mass is 10.1. The molecule has 3 rings (SSSR count). The molecule has 33 heavy (non-hydrogen) atoms. The average molecular weight is 447 g/mol. The molecule has 0 aromatic heterocycles. The molecule has 0 aliphatic heterocycles. The van der Waals surface area contributed by atoms with Gasteiger partial charge < -0.3 is 20.9 Å². The minimum absolute atomic E-state index is 0.257. The predicted octanol–water partition coefficient (Wildman–Crippen LogP) is 5.02. The van der Waals surface area contributed by atoms with Gasteiger partial charge in [-0.1, -0.05) is 36.4 Å². The molecular weight excluding hydrogens is 416 g/mol. The fraction of sp³-hybridized carbons (Fsp3) is 0.259. The Morgan fingerprint density at radius 3 is 1.70 bits per heavy atom. The Bertz CT molecular complexity index is 1080. The number of benzene rings is 3. The lowest BCUT2D eigenvalue weighted by Gasteiger charge is -2.13. The number of nitrogens with two attached hydrogens (primary N) is 2. The fourth-order valence-electron chi connectivity index (χ4n) is 3.42. The molecule has 3 aromatic rings. The van der Waals surface area contributed by atoms with Crippen molar-refractivity contribution in [1.29, 1.82) is 0 Å². The van der Waals surface area contributed by atoms with Crippen molar-refractivity contribution in [2.75, 3.05) is 11.5 Å². The van der Waals surface area contributed by atoms with Gasteiger partial charge in [0.1, 0.15) is 0 Å². The van der Waals surface area contributed by atoms with E-state index < -0.39 is 0 Å². The summed E-state index contributed by atoms with van der Waals surface area (Å²) in [4.78, 5) is 24.8. The number of aryl methyl sites for hydroxylation is 3. The summed E-state index contributed by atoms with van der Waals surface area (Å²) in [6.07, 6.45) is 3.31. The smallest absolute Gasteiger partial charge is 0.311 e. The fourth-order valence-corrected chi connectivity index (χ4v) is 3.42. The first kappa shape index (κ1) is 23.9. The molecule has 0 aliphatic rings. The molecule has 6 nitrogen and oxygen atoms in total. The molecule has 0 unspecified atom stereocenters. The van der Waals surface area contributed by atoms with Gasteiger partial charge in [0.15, 0.2) is 11.5 Å². The largest absolute Gasteiger partial charge is 0.423 e. The highest BCUT2D eigenvalue weighted by atomic mass is 16.6. The van der Waals surface area contributed by atoms with Gasteiger partial charge in [0.25, 0.3) is 0 Å². The van der Waals surface area contributed by atoms with Crippen molar-refractivity contribution in [3.8, 4) is 11.5 Å². The van der Waals surface area contributed by atoms with Gasteiger partial charge in [0.2, 0.25) is 0 Å². The zero-order valence-corrected chi connectivity index (χ0v) is 18.9. The summed E-state index contributed by atoms with van der Waals surface area (Å²) in [6.45, 7) is 1.81. The summed E-state index contributed by atoms with van der Waals surface area (Å²) in [5, 5.41) is 0. The molecule has 6 heteroatoms. The summed E-state index contributed by atoms with van der Waals surface area (Å²) in [5.74, 6) is -0.168. The normalized spacial score (nSPS) is 10.6. The highest BCUT2D eigenvalue weighted by Crippen LogP contribution is 2.31. The van der Waals surface area contributed by atoms with Crippen molar-refractivity contribution in [2.45, 2.75) is 45.4 Å². The van der Waals surface area contributed by atoms with Gasteiger partial charge in [0, 0.05) is 24.2 Å². The van der Waals surface area contributed by atoms with Crippen LogP contribution in [0.3, 0.4) is 0 Å². The molecule has 0 fully saturated rings. The minimum Gasteiger partial charge on any atom is -0.423 e. The van der Waals surface area contributed by atoms with Gasteiger partial charge in [-0.25, -0.2) is 0 Å². The molecule has 0 saturated carbocycles. The van der Waals surface area contributed by atoms with Gasteiger partial charge in [-0.15, -0.1) is 0 Å². The zero-order chi connectivity index (χ0) is 23.6. The van der Waals surface area contributed by atoms with Crippen LogP contribution in [0, 0.1) is 6.92 Å². The summed E-state index contributed by atoms with van der Waals surface area (Å²) < 4.78 is 11.1. The van der Waals surface area contributed by atoms with Crippen molar-refractivity contribution in [1.82, 2.24) is 0 Å². The molecule has 4 N–H and O–H groups in total. The first-order chi connectivity index (χ1) is 15.9. The van der Waals surface area contributed by atoms with Crippen LogP contribution in [0.5, 0.6) is 11.5 Å². The van der Waals surface area contributed by atoms with Crippen LogP contribution in [-0.4, -0.2) is 11.9 Å². The maximum absolute atomic E-state index is 12.4. The van der Waals surface area contributed by atoms with Crippen LogP contribution < -0.4 is 20.9 Å². The summed E-state index contributed by atoms with van der Waals surface area (Å²) in [6, 6.07) is 20.4. The zero-order valence-electron chi connectivity index (χ0n) is 18.9. The predicted molar refractivity (Wildman–Crippen MR) is 130 cm³/mol. The maximum atomic E-state index is 12.4. The van der Waals surface area contributed by atoms with Crippen LogP contribution in [0.1, 0.15) is 42.4 Å². The van der Waals surface area contributed by atoms with Crippen LogP contribution in [0.15, 0.2) is 66.7 Å². The molecule has 0 saturated heterocycles. The first-order valence-electron chi connectivity index (χ1n) is 11.1. The number of carbonyl (C=O) groups is 2. The second-order valence-corrected chi connectivity index (χ2v) is 8.04. The van der Waals surface area contributed by atoms with E-state index in [1.54, 1.807) is 12.1 Å².